The molecule has 7 nitrogen and oxygen atoms in total. The number of nitrogens with one attached hydrogen (secondary N) is 1. The average molecular weight is 385 g/mol. The Bertz CT molecular complexity index is 925. The summed E-state index contributed by atoms with van der Waals surface area (Å²) in [4.78, 5) is 15.9. The zero-order chi connectivity index (χ0) is 18.6. The van der Waals surface area contributed by atoms with Gasteiger partial charge >= 0.3 is 0 Å². The summed E-state index contributed by atoms with van der Waals surface area (Å²) >= 11 is 5.84. The minimum Gasteiger partial charge on any atom is -0.490 e. The molecule has 3 aromatic rings. The van der Waals surface area contributed by atoms with Crippen molar-refractivity contribution in [2.45, 2.75) is 12.5 Å². The SMILES string of the molecule is O=C1C[C@H](c2ccc(OCCOc3ccc(Cl)cc3)cc2)n2ncnc2N1. The number of fused-ring (bicyclic) bond motifs is 1. The molecule has 0 aliphatic carbocycles. The highest BCUT2D eigenvalue weighted by Gasteiger charge is 2.27. The molecule has 0 saturated heterocycles. The maximum Gasteiger partial charge on any atom is 0.229 e. The van der Waals surface area contributed by atoms with E-state index in [1.165, 1.54) is 6.33 Å². The van der Waals surface area contributed by atoms with Crippen molar-refractivity contribution in [2.24, 2.45) is 0 Å². The van der Waals surface area contributed by atoms with Crippen LogP contribution in [0.4, 0.5) is 5.95 Å². The van der Waals surface area contributed by atoms with E-state index in [2.05, 4.69) is 15.4 Å². The molecule has 0 saturated carbocycles. The minimum absolute atomic E-state index is 0.0693. The number of carbonyl (C=O) groups is 1. The third-order valence-corrected chi connectivity index (χ3v) is 4.45. The van der Waals surface area contributed by atoms with Gasteiger partial charge in [0.15, 0.2) is 0 Å². The van der Waals surface area contributed by atoms with Crippen LogP contribution in [0.15, 0.2) is 54.9 Å². The van der Waals surface area contributed by atoms with E-state index in [1.54, 1.807) is 16.8 Å². The summed E-state index contributed by atoms with van der Waals surface area (Å²) in [6, 6.07) is 14.6. The molecule has 0 radical (unpaired) electrons. The summed E-state index contributed by atoms with van der Waals surface area (Å²) in [5.74, 6) is 1.88. The van der Waals surface area contributed by atoms with Gasteiger partial charge in [0.2, 0.25) is 11.9 Å². The Hall–Kier alpha value is -3.06. The Morgan fingerprint density at radius 1 is 1.04 bits per heavy atom. The highest BCUT2D eigenvalue weighted by molar-refractivity contribution is 6.30. The molecule has 1 atom stereocenters. The standard InChI is InChI=1S/C19H17ClN4O3/c20-14-3-7-16(8-4-14)27-10-9-26-15-5-1-13(2-6-15)17-11-18(25)23-19-21-12-22-24(17)19/h1-8,12,17H,9-11H2,(H,21,22,23,25)/t17-/m1/s1. The van der Waals surface area contributed by atoms with Gasteiger partial charge in [-0.15, -0.1) is 0 Å². The molecular weight excluding hydrogens is 368 g/mol. The Kier molecular flexibility index (Phi) is 4.93. The number of aromatic nitrogens is 3. The van der Waals surface area contributed by atoms with E-state index in [4.69, 9.17) is 21.1 Å². The number of halogens is 1. The third-order valence-electron chi connectivity index (χ3n) is 4.20. The van der Waals surface area contributed by atoms with Gasteiger partial charge in [-0.2, -0.15) is 10.1 Å². The molecule has 27 heavy (non-hydrogen) atoms. The number of benzene rings is 2. The average Bonchev–Trinajstić information content (AvgIpc) is 3.15. The van der Waals surface area contributed by atoms with Crippen molar-refractivity contribution in [1.29, 1.82) is 0 Å². The molecule has 2 aromatic carbocycles. The second-order valence-corrected chi connectivity index (χ2v) is 6.45. The van der Waals surface area contributed by atoms with Crippen LogP contribution in [0.5, 0.6) is 11.5 Å². The molecular formula is C19H17ClN4O3. The second kappa shape index (κ2) is 7.67. The number of anilines is 1. The first kappa shape index (κ1) is 17.4. The number of hydrogen-bond acceptors (Lipinski definition) is 5. The summed E-state index contributed by atoms with van der Waals surface area (Å²) in [6.07, 6.45) is 1.76. The van der Waals surface area contributed by atoms with Crippen LogP contribution < -0.4 is 14.8 Å². The maximum atomic E-state index is 11.8. The molecule has 0 spiro atoms. The lowest BCUT2D eigenvalue weighted by Gasteiger charge is -2.23. The third kappa shape index (κ3) is 4.03. The monoisotopic (exact) mass is 384 g/mol. The highest BCUT2D eigenvalue weighted by atomic mass is 35.5. The zero-order valence-corrected chi connectivity index (χ0v) is 15.1. The summed E-state index contributed by atoms with van der Waals surface area (Å²) in [7, 11) is 0. The molecule has 0 unspecified atom stereocenters. The van der Waals surface area contributed by atoms with Gasteiger partial charge in [0.1, 0.15) is 31.0 Å². The van der Waals surface area contributed by atoms with E-state index < -0.39 is 0 Å². The molecule has 1 aliphatic rings. The number of carbonyl (C=O) groups excluding carboxylic acids is 1. The topological polar surface area (TPSA) is 78.3 Å². The van der Waals surface area contributed by atoms with Gasteiger partial charge in [0.25, 0.3) is 0 Å². The first-order valence-corrected chi connectivity index (χ1v) is 8.87. The molecule has 138 valence electrons. The van der Waals surface area contributed by atoms with E-state index in [1.807, 2.05) is 36.4 Å². The smallest absolute Gasteiger partial charge is 0.229 e. The fourth-order valence-corrected chi connectivity index (χ4v) is 3.03. The van der Waals surface area contributed by atoms with Crippen LogP contribution in [-0.2, 0) is 4.79 Å². The van der Waals surface area contributed by atoms with Crippen LogP contribution in [0.3, 0.4) is 0 Å². The van der Waals surface area contributed by atoms with E-state index in [9.17, 15) is 4.79 Å². The van der Waals surface area contributed by atoms with Crippen LogP contribution in [0, 0.1) is 0 Å². The first-order valence-electron chi connectivity index (χ1n) is 8.49. The van der Waals surface area contributed by atoms with Gasteiger partial charge in [0.05, 0.1) is 12.5 Å². The Labute approximate surface area is 160 Å². The van der Waals surface area contributed by atoms with E-state index in [0.29, 0.717) is 30.6 Å². The molecule has 8 heteroatoms. The number of ether oxygens (including phenoxy) is 2. The van der Waals surface area contributed by atoms with Crippen molar-refractivity contribution in [1.82, 2.24) is 14.8 Å². The zero-order valence-electron chi connectivity index (χ0n) is 14.3. The largest absolute Gasteiger partial charge is 0.490 e. The predicted molar refractivity (Wildman–Crippen MR) is 100 cm³/mol. The molecule has 1 aromatic heterocycles. The molecule has 2 heterocycles. The first-order chi connectivity index (χ1) is 13.2. The summed E-state index contributed by atoms with van der Waals surface area (Å²) < 4.78 is 13.0. The van der Waals surface area contributed by atoms with E-state index in [0.717, 1.165) is 17.1 Å². The lowest BCUT2D eigenvalue weighted by atomic mass is 10.0. The summed E-state index contributed by atoms with van der Waals surface area (Å²) in [5, 5.41) is 7.58. The minimum atomic E-state index is -0.168. The van der Waals surface area contributed by atoms with Gasteiger partial charge < -0.3 is 9.47 Å². The molecule has 1 aliphatic heterocycles. The van der Waals surface area contributed by atoms with Crippen LogP contribution in [0.2, 0.25) is 5.02 Å². The van der Waals surface area contributed by atoms with E-state index in [-0.39, 0.29) is 11.9 Å². The van der Waals surface area contributed by atoms with Gasteiger partial charge in [-0.1, -0.05) is 23.7 Å². The van der Waals surface area contributed by atoms with Crippen molar-refractivity contribution in [3.63, 3.8) is 0 Å². The van der Waals surface area contributed by atoms with Gasteiger partial charge in [0, 0.05) is 5.02 Å². The highest BCUT2D eigenvalue weighted by Crippen LogP contribution is 2.29. The maximum absolute atomic E-state index is 11.8. The van der Waals surface area contributed by atoms with Crippen molar-refractivity contribution < 1.29 is 14.3 Å². The molecule has 4 rings (SSSR count). The number of rotatable bonds is 6. The number of amides is 1. The van der Waals surface area contributed by atoms with Gasteiger partial charge in [-0.05, 0) is 42.0 Å². The lowest BCUT2D eigenvalue weighted by Crippen LogP contribution is -2.29. The fourth-order valence-electron chi connectivity index (χ4n) is 2.90. The van der Waals surface area contributed by atoms with E-state index >= 15 is 0 Å². The van der Waals surface area contributed by atoms with Crippen molar-refractivity contribution in [3.05, 3.63) is 65.4 Å². The van der Waals surface area contributed by atoms with Crippen molar-refractivity contribution in [2.75, 3.05) is 18.5 Å². The quantitative estimate of drug-likeness (QED) is 0.659. The Morgan fingerprint density at radius 3 is 2.33 bits per heavy atom. The Balaban J connectivity index is 1.33. The van der Waals surface area contributed by atoms with Gasteiger partial charge in [-0.25, -0.2) is 4.68 Å². The lowest BCUT2D eigenvalue weighted by molar-refractivity contribution is -0.117. The van der Waals surface area contributed by atoms with Crippen molar-refractivity contribution in [3.8, 4) is 11.5 Å². The number of hydrogen-bond donors (Lipinski definition) is 1. The molecule has 0 bridgehead atoms. The van der Waals surface area contributed by atoms with Gasteiger partial charge in [-0.3, -0.25) is 10.1 Å². The van der Waals surface area contributed by atoms with Crippen LogP contribution in [-0.4, -0.2) is 33.9 Å². The Morgan fingerprint density at radius 2 is 1.67 bits per heavy atom. The normalized spacial score (nSPS) is 15.7. The number of nitrogens with zero attached hydrogens (tertiary/aromatic N) is 3. The van der Waals surface area contributed by atoms with Crippen LogP contribution in [0.1, 0.15) is 18.0 Å². The summed E-state index contributed by atoms with van der Waals surface area (Å²) in [5.41, 5.74) is 0.973. The van der Waals surface area contributed by atoms with Crippen molar-refractivity contribution >= 4 is 23.5 Å². The fraction of sp³-hybridized carbons (Fsp3) is 0.211. The second-order valence-electron chi connectivity index (χ2n) is 6.02. The molecule has 0 fully saturated rings. The van der Waals surface area contributed by atoms with Crippen LogP contribution >= 0.6 is 11.6 Å². The van der Waals surface area contributed by atoms with Crippen LogP contribution in [0.25, 0.3) is 0 Å². The molecule has 1 N–H and O–H groups in total. The summed E-state index contributed by atoms with van der Waals surface area (Å²) in [6.45, 7) is 0.843. The molecule has 1 amide bonds. The predicted octanol–water partition coefficient (Wildman–Crippen LogP) is 3.32.